The van der Waals surface area contributed by atoms with E-state index in [1.165, 1.54) is 77.9 Å². The van der Waals surface area contributed by atoms with Crippen LogP contribution in [-0.4, -0.2) is 0 Å². The zero-order valence-electron chi connectivity index (χ0n) is 31.7. The van der Waals surface area contributed by atoms with Gasteiger partial charge in [0.25, 0.3) is 0 Å². The summed E-state index contributed by atoms with van der Waals surface area (Å²) in [7, 11) is 0. The van der Waals surface area contributed by atoms with Crippen molar-refractivity contribution < 1.29 is 0 Å². The van der Waals surface area contributed by atoms with Crippen LogP contribution in [0.5, 0.6) is 0 Å². The summed E-state index contributed by atoms with van der Waals surface area (Å²) in [5.74, 6) is 1.27. The van der Waals surface area contributed by atoms with Crippen molar-refractivity contribution in [3.8, 4) is 0 Å². The predicted molar refractivity (Wildman–Crippen MR) is 237 cm³/mol. The third-order valence-corrected chi connectivity index (χ3v) is 12.2. The van der Waals surface area contributed by atoms with Crippen molar-refractivity contribution in [3.05, 3.63) is 274 Å². The van der Waals surface area contributed by atoms with E-state index in [2.05, 4.69) is 225 Å². The Balaban J connectivity index is 1.23. The third-order valence-electron chi connectivity index (χ3n) is 12.2. The molecule has 268 valence electrons. The molecular formula is C56H44. The van der Waals surface area contributed by atoms with E-state index < -0.39 is 0 Å². The first kappa shape index (κ1) is 34.0. The van der Waals surface area contributed by atoms with E-state index >= 15 is 0 Å². The van der Waals surface area contributed by atoms with Gasteiger partial charge in [-0.2, -0.15) is 0 Å². The molecule has 0 saturated carbocycles. The standard InChI is InChI=1S/C56H44/c1-38-18-20-47(21-19-38)52-53(48-30-22-43(23-31-48)39-10-2-3-11-39)55(50-34-26-45(27-35-50)41-14-6-7-15-41)56(51-36-28-46(29-37-51)42-16-8-9-17-42)54(52)49-32-24-44(25-33-49)40-12-4-5-13-40/h2-37,39-42,52H,1H3. The Morgan fingerprint density at radius 2 is 0.518 bits per heavy atom. The van der Waals surface area contributed by atoms with Crippen molar-refractivity contribution in [2.45, 2.75) is 36.5 Å². The molecule has 0 saturated heterocycles. The molecule has 56 heavy (non-hydrogen) atoms. The summed E-state index contributed by atoms with van der Waals surface area (Å²) in [6, 6.07) is 46.9. The van der Waals surface area contributed by atoms with Crippen molar-refractivity contribution >= 4 is 22.3 Å². The molecule has 5 aliphatic carbocycles. The van der Waals surface area contributed by atoms with Crippen molar-refractivity contribution in [2.24, 2.45) is 0 Å². The molecule has 0 aliphatic heterocycles. The molecule has 5 aromatic rings. The molecule has 5 aromatic carbocycles. The topological polar surface area (TPSA) is 0 Å². The van der Waals surface area contributed by atoms with E-state index in [1.807, 2.05) is 0 Å². The van der Waals surface area contributed by atoms with Crippen LogP contribution in [0.15, 0.2) is 219 Å². The van der Waals surface area contributed by atoms with Crippen LogP contribution in [0.1, 0.15) is 85.2 Å². The summed E-state index contributed by atoms with van der Waals surface area (Å²) in [5.41, 5.74) is 18.2. The Morgan fingerprint density at radius 1 is 0.268 bits per heavy atom. The van der Waals surface area contributed by atoms with Crippen molar-refractivity contribution in [2.75, 3.05) is 0 Å². The largest absolute Gasteiger partial charge is 0.0732 e. The number of aryl methyl sites for hydroxylation is 1. The molecule has 0 radical (unpaired) electrons. The van der Waals surface area contributed by atoms with Crippen LogP contribution >= 0.6 is 0 Å². The molecule has 5 aliphatic rings. The van der Waals surface area contributed by atoms with Gasteiger partial charge in [0, 0.05) is 29.6 Å². The minimum atomic E-state index is 0.00981. The van der Waals surface area contributed by atoms with Gasteiger partial charge in [-0.1, -0.05) is 224 Å². The van der Waals surface area contributed by atoms with Crippen LogP contribution in [-0.2, 0) is 0 Å². The van der Waals surface area contributed by atoms with Gasteiger partial charge in [0.05, 0.1) is 0 Å². The molecule has 0 unspecified atom stereocenters. The summed E-state index contributed by atoms with van der Waals surface area (Å²) < 4.78 is 0. The van der Waals surface area contributed by atoms with Crippen molar-refractivity contribution in [3.63, 3.8) is 0 Å². The summed E-state index contributed by atoms with van der Waals surface area (Å²) in [5, 5.41) is 0. The van der Waals surface area contributed by atoms with E-state index in [0.717, 1.165) is 0 Å². The van der Waals surface area contributed by atoms with E-state index in [9.17, 15) is 0 Å². The molecule has 0 N–H and O–H groups in total. The normalized spacial score (nSPS) is 18.1. The second-order valence-electron chi connectivity index (χ2n) is 15.6. The lowest BCUT2D eigenvalue weighted by molar-refractivity contribution is 1.09. The Morgan fingerprint density at radius 3 is 0.804 bits per heavy atom. The summed E-state index contributed by atoms with van der Waals surface area (Å²) in [4.78, 5) is 0. The Labute approximate surface area is 331 Å². The second kappa shape index (κ2) is 14.6. The minimum absolute atomic E-state index is 0.00981. The van der Waals surface area contributed by atoms with Gasteiger partial charge in [-0.3, -0.25) is 0 Å². The lowest BCUT2D eigenvalue weighted by Crippen LogP contribution is -2.04. The minimum Gasteiger partial charge on any atom is -0.0732 e. The van der Waals surface area contributed by atoms with Gasteiger partial charge in [-0.05, 0) is 79.3 Å². The van der Waals surface area contributed by atoms with Gasteiger partial charge in [0.15, 0.2) is 0 Å². The number of hydrogen-bond donors (Lipinski definition) is 0. The van der Waals surface area contributed by atoms with Gasteiger partial charge in [-0.15, -0.1) is 0 Å². The quantitative estimate of drug-likeness (QED) is 0.142. The Bertz CT molecular complexity index is 2370. The number of benzene rings is 5. The van der Waals surface area contributed by atoms with E-state index in [0.29, 0.717) is 23.7 Å². The van der Waals surface area contributed by atoms with Crippen LogP contribution in [0.3, 0.4) is 0 Å². The molecule has 0 atom stereocenters. The van der Waals surface area contributed by atoms with Gasteiger partial charge in [-0.25, -0.2) is 0 Å². The van der Waals surface area contributed by atoms with Gasteiger partial charge in [0.2, 0.25) is 0 Å². The summed E-state index contributed by atoms with van der Waals surface area (Å²) in [6.45, 7) is 2.19. The second-order valence-corrected chi connectivity index (χ2v) is 15.6. The average molecular weight is 717 g/mol. The molecule has 0 heteroatoms. The molecule has 0 amide bonds. The smallest absolute Gasteiger partial charge is 0.0364 e. The number of hydrogen-bond acceptors (Lipinski definition) is 0. The Kier molecular flexibility index (Phi) is 8.89. The average Bonchev–Trinajstić information content (AvgIpc) is 4.11. The predicted octanol–water partition coefficient (Wildman–Crippen LogP) is 14.2. The molecule has 0 aromatic heterocycles. The molecule has 0 bridgehead atoms. The molecule has 0 fully saturated rings. The third kappa shape index (κ3) is 6.32. The highest BCUT2D eigenvalue weighted by atomic mass is 14.4. The van der Waals surface area contributed by atoms with E-state index in [1.54, 1.807) is 0 Å². The fraction of sp³-hybridized carbons (Fsp3) is 0.107. The zero-order valence-corrected chi connectivity index (χ0v) is 31.7. The molecule has 10 rings (SSSR count). The van der Waals surface area contributed by atoms with Crippen LogP contribution < -0.4 is 0 Å². The Hall–Kier alpha value is -6.50. The number of allylic oxidation sites excluding steroid dienone is 20. The van der Waals surface area contributed by atoms with E-state index in [-0.39, 0.29) is 5.92 Å². The van der Waals surface area contributed by atoms with Crippen molar-refractivity contribution in [1.82, 2.24) is 0 Å². The lowest BCUT2D eigenvalue weighted by atomic mass is 9.80. The van der Waals surface area contributed by atoms with Gasteiger partial charge in [0.1, 0.15) is 0 Å². The monoisotopic (exact) mass is 716 g/mol. The maximum Gasteiger partial charge on any atom is 0.0364 e. The molecular weight excluding hydrogens is 673 g/mol. The highest BCUT2D eigenvalue weighted by Gasteiger charge is 2.38. The molecule has 0 heterocycles. The van der Waals surface area contributed by atoms with Gasteiger partial charge >= 0.3 is 0 Å². The van der Waals surface area contributed by atoms with Crippen LogP contribution in [0, 0.1) is 6.92 Å². The van der Waals surface area contributed by atoms with Crippen LogP contribution in [0.25, 0.3) is 22.3 Å². The number of rotatable bonds is 9. The SMILES string of the molecule is Cc1ccc(C2C(c3ccc(C4C=CC=C4)cc3)=C(c3ccc(C4C=CC=C4)cc3)C(c3ccc(C4C=CC=C4)cc3)=C2c2ccc(C3C=CC=C3)cc2)cc1. The first-order valence-electron chi connectivity index (χ1n) is 20.0. The molecule has 0 nitrogen and oxygen atoms in total. The summed E-state index contributed by atoms with van der Waals surface area (Å²) >= 11 is 0. The highest BCUT2D eigenvalue weighted by molar-refractivity contribution is 6.29. The maximum absolute atomic E-state index is 2.37. The summed E-state index contributed by atoms with van der Waals surface area (Å²) in [6.07, 6.45) is 35.5. The molecule has 0 spiro atoms. The first-order chi connectivity index (χ1) is 27.7. The van der Waals surface area contributed by atoms with Gasteiger partial charge < -0.3 is 0 Å². The maximum atomic E-state index is 2.37. The lowest BCUT2D eigenvalue weighted by Gasteiger charge is -2.23. The van der Waals surface area contributed by atoms with Crippen LogP contribution in [0.2, 0.25) is 0 Å². The van der Waals surface area contributed by atoms with Crippen molar-refractivity contribution in [1.29, 1.82) is 0 Å². The zero-order chi connectivity index (χ0) is 37.4. The first-order valence-corrected chi connectivity index (χ1v) is 20.0. The fourth-order valence-corrected chi connectivity index (χ4v) is 9.15. The fourth-order valence-electron chi connectivity index (χ4n) is 9.15. The van der Waals surface area contributed by atoms with E-state index in [4.69, 9.17) is 0 Å². The highest BCUT2D eigenvalue weighted by Crippen LogP contribution is 2.59. The van der Waals surface area contributed by atoms with Crippen LogP contribution in [0.4, 0.5) is 0 Å².